The van der Waals surface area contributed by atoms with Gasteiger partial charge in [0.25, 0.3) is 0 Å². The second kappa shape index (κ2) is 8.64. The van der Waals surface area contributed by atoms with Crippen molar-refractivity contribution >= 4 is 17.6 Å². The first-order chi connectivity index (χ1) is 11.2. The molecule has 23 heavy (non-hydrogen) atoms. The van der Waals surface area contributed by atoms with Crippen LogP contribution in [0.1, 0.15) is 24.8 Å². The van der Waals surface area contributed by atoms with Gasteiger partial charge in [-0.2, -0.15) is 0 Å². The largest absolute Gasteiger partial charge is 0.335 e. The molecule has 2 N–H and O–H groups in total. The molecule has 1 saturated heterocycles. The molecule has 0 unspecified atom stereocenters. The Kier molecular flexibility index (Phi) is 6.25. The molecule has 0 bridgehead atoms. The maximum atomic E-state index is 11.9. The van der Waals surface area contributed by atoms with E-state index in [1.807, 2.05) is 29.2 Å². The summed E-state index contributed by atoms with van der Waals surface area (Å²) in [5.74, 6) is 6.05. The predicted octanol–water partition coefficient (Wildman–Crippen LogP) is 2.04. The monoisotopic (exact) mass is 311 g/mol. The molecule has 0 atom stereocenters. The van der Waals surface area contributed by atoms with Crippen molar-refractivity contribution in [3.63, 3.8) is 0 Å². The Morgan fingerprint density at radius 2 is 2.04 bits per heavy atom. The molecule has 2 rings (SSSR count). The lowest BCUT2D eigenvalue weighted by Gasteiger charge is -2.26. The summed E-state index contributed by atoms with van der Waals surface area (Å²) in [7, 11) is 0. The molecule has 0 spiro atoms. The summed E-state index contributed by atoms with van der Waals surface area (Å²) in [6.45, 7) is 5.00. The van der Waals surface area contributed by atoms with Crippen molar-refractivity contribution < 1.29 is 9.59 Å². The van der Waals surface area contributed by atoms with Gasteiger partial charge in [0.15, 0.2) is 0 Å². The lowest BCUT2D eigenvalue weighted by molar-refractivity contribution is -0.119. The fourth-order valence-corrected chi connectivity index (χ4v) is 2.30. The Bertz CT molecular complexity index is 626. The van der Waals surface area contributed by atoms with Crippen LogP contribution in [0.2, 0.25) is 0 Å². The van der Waals surface area contributed by atoms with E-state index < -0.39 is 0 Å². The van der Waals surface area contributed by atoms with Gasteiger partial charge in [-0.1, -0.05) is 17.9 Å². The molecule has 1 aromatic rings. The highest BCUT2D eigenvalue weighted by Gasteiger charge is 2.18. The zero-order valence-corrected chi connectivity index (χ0v) is 13.1. The van der Waals surface area contributed by atoms with Crippen LogP contribution < -0.4 is 15.5 Å². The number of piperidine rings is 1. The minimum atomic E-state index is -0.266. The van der Waals surface area contributed by atoms with Crippen molar-refractivity contribution in [3.8, 4) is 11.8 Å². The molecular weight excluding hydrogens is 290 g/mol. The molecule has 1 heterocycles. The third-order valence-electron chi connectivity index (χ3n) is 3.48. The van der Waals surface area contributed by atoms with Crippen LogP contribution in [0.15, 0.2) is 36.9 Å². The second-order valence-electron chi connectivity index (χ2n) is 5.20. The summed E-state index contributed by atoms with van der Waals surface area (Å²) in [6, 6.07) is 7.34. The van der Waals surface area contributed by atoms with Crippen molar-refractivity contribution in [2.24, 2.45) is 0 Å². The average molecular weight is 311 g/mol. The molecule has 0 aliphatic carbocycles. The number of amides is 3. The van der Waals surface area contributed by atoms with Gasteiger partial charge in [-0.05, 0) is 37.1 Å². The first kappa shape index (κ1) is 16.6. The van der Waals surface area contributed by atoms with Crippen LogP contribution in [-0.4, -0.2) is 31.6 Å². The number of urea groups is 1. The SMILES string of the molecule is C=CCNC(=O)NCC#Cc1ccc(N2CCCCC2=O)cc1. The zero-order valence-electron chi connectivity index (χ0n) is 13.1. The highest BCUT2D eigenvalue weighted by Crippen LogP contribution is 2.20. The van der Waals surface area contributed by atoms with E-state index in [4.69, 9.17) is 0 Å². The molecular formula is C18H21N3O2. The van der Waals surface area contributed by atoms with Crippen molar-refractivity contribution in [3.05, 3.63) is 42.5 Å². The Morgan fingerprint density at radius 1 is 1.26 bits per heavy atom. The molecule has 1 aliphatic rings. The standard InChI is InChI=1S/C18H21N3O2/c1-2-12-19-18(23)20-13-5-6-15-8-10-16(11-9-15)21-14-4-3-7-17(21)22/h2,8-11H,1,3-4,7,12-14H2,(H2,19,20,23). The lowest BCUT2D eigenvalue weighted by atomic mass is 10.1. The highest BCUT2D eigenvalue weighted by molar-refractivity contribution is 5.94. The molecule has 1 aliphatic heterocycles. The molecule has 3 amide bonds. The van der Waals surface area contributed by atoms with Crippen LogP contribution >= 0.6 is 0 Å². The van der Waals surface area contributed by atoms with E-state index in [-0.39, 0.29) is 18.5 Å². The number of nitrogens with one attached hydrogen (secondary N) is 2. The molecule has 5 heteroatoms. The molecule has 0 aromatic heterocycles. The summed E-state index contributed by atoms with van der Waals surface area (Å²) in [4.78, 5) is 25.0. The Morgan fingerprint density at radius 3 is 2.74 bits per heavy atom. The van der Waals surface area contributed by atoms with E-state index in [1.54, 1.807) is 6.08 Å². The summed E-state index contributed by atoms with van der Waals surface area (Å²) >= 11 is 0. The third-order valence-corrected chi connectivity index (χ3v) is 3.48. The number of hydrogen-bond donors (Lipinski definition) is 2. The molecule has 120 valence electrons. The fourth-order valence-electron chi connectivity index (χ4n) is 2.30. The van der Waals surface area contributed by atoms with Crippen molar-refractivity contribution in [2.75, 3.05) is 24.5 Å². The van der Waals surface area contributed by atoms with E-state index in [0.29, 0.717) is 13.0 Å². The van der Waals surface area contributed by atoms with E-state index in [2.05, 4.69) is 29.1 Å². The minimum absolute atomic E-state index is 0.185. The minimum Gasteiger partial charge on any atom is -0.335 e. The van der Waals surface area contributed by atoms with Gasteiger partial charge in [-0.15, -0.1) is 6.58 Å². The van der Waals surface area contributed by atoms with Gasteiger partial charge in [-0.3, -0.25) is 4.79 Å². The van der Waals surface area contributed by atoms with Crippen LogP contribution in [0, 0.1) is 11.8 Å². The number of benzene rings is 1. The first-order valence-corrected chi connectivity index (χ1v) is 7.72. The number of anilines is 1. The molecule has 0 saturated carbocycles. The Hall–Kier alpha value is -2.74. The van der Waals surface area contributed by atoms with Crippen LogP contribution in [0.25, 0.3) is 0 Å². The predicted molar refractivity (Wildman–Crippen MR) is 91.1 cm³/mol. The van der Waals surface area contributed by atoms with E-state index in [0.717, 1.165) is 30.6 Å². The molecule has 1 aromatic carbocycles. The lowest BCUT2D eigenvalue weighted by Crippen LogP contribution is -2.35. The summed E-state index contributed by atoms with van der Waals surface area (Å²) in [5.41, 5.74) is 1.77. The van der Waals surface area contributed by atoms with Gasteiger partial charge in [0.1, 0.15) is 0 Å². The van der Waals surface area contributed by atoms with Gasteiger partial charge in [0.05, 0.1) is 6.54 Å². The number of nitrogens with zero attached hydrogens (tertiary/aromatic N) is 1. The number of rotatable bonds is 4. The van der Waals surface area contributed by atoms with Crippen molar-refractivity contribution in [1.82, 2.24) is 10.6 Å². The second-order valence-corrected chi connectivity index (χ2v) is 5.20. The summed E-state index contributed by atoms with van der Waals surface area (Å²) in [5, 5.41) is 5.24. The van der Waals surface area contributed by atoms with Crippen LogP contribution in [0.5, 0.6) is 0 Å². The Balaban J connectivity index is 1.85. The average Bonchev–Trinajstić information content (AvgIpc) is 2.58. The van der Waals surface area contributed by atoms with E-state index >= 15 is 0 Å². The van der Waals surface area contributed by atoms with Gasteiger partial charge in [-0.25, -0.2) is 4.79 Å². The number of hydrogen-bond acceptors (Lipinski definition) is 2. The Labute approximate surface area is 136 Å². The molecule has 5 nitrogen and oxygen atoms in total. The highest BCUT2D eigenvalue weighted by atomic mass is 16.2. The van der Waals surface area contributed by atoms with Crippen LogP contribution in [0.3, 0.4) is 0 Å². The van der Waals surface area contributed by atoms with Gasteiger partial charge < -0.3 is 15.5 Å². The summed E-state index contributed by atoms with van der Waals surface area (Å²) < 4.78 is 0. The van der Waals surface area contributed by atoms with Crippen LogP contribution in [-0.2, 0) is 4.79 Å². The first-order valence-electron chi connectivity index (χ1n) is 7.72. The van der Waals surface area contributed by atoms with Crippen molar-refractivity contribution in [2.45, 2.75) is 19.3 Å². The normalized spacial score (nSPS) is 13.7. The molecule has 0 radical (unpaired) electrons. The topological polar surface area (TPSA) is 61.4 Å². The number of carbonyl (C=O) groups excluding carboxylic acids is 2. The van der Waals surface area contributed by atoms with E-state index in [9.17, 15) is 9.59 Å². The summed E-state index contributed by atoms with van der Waals surface area (Å²) in [6.07, 6.45) is 4.26. The maximum absolute atomic E-state index is 11.9. The zero-order chi connectivity index (χ0) is 16.5. The fraction of sp³-hybridized carbons (Fsp3) is 0.333. The van der Waals surface area contributed by atoms with E-state index in [1.165, 1.54) is 0 Å². The quantitative estimate of drug-likeness (QED) is 0.660. The maximum Gasteiger partial charge on any atom is 0.315 e. The third kappa shape index (κ3) is 5.19. The molecule has 1 fully saturated rings. The van der Waals surface area contributed by atoms with Gasteiger partial charge in [0, 0.05) is 30.8 Å². The number of carbonyl (C=O) groups is 2. The smallest absolute Gasteiger partial charge is 0.315 e. The van der Waals surface area contributed by atoms with Crippen LogP contribution in [0.4, 0.5) is 10.5 Å². The van der Waals surface area contributed by atoms with Gasteiger partial charge >= 0.3 is 6.03 Å². The van der Waals surface area contributed by atoms with Crippen molar-refractivity contribution in [1.29, 1.82) is 0 Å². The van der Waals surface area contributed by atoms with Gasteiger partial charge in [0.2, 0.25) is 5.91 Å².